The van der Waals surface area contributed by atoms with Crippen LogP contribution in [-0.4, -0.2) is 12.0 Å². The van der Waals surface area contributed by atoms with Gasteiger partial charge in [-0.15, -0.1) is 11.3 Å². The molecule has 1 atom stereocenters. The van der Waals surface area contributed by atoms with Crippen LogP contribution in [0.4, 0.5) is 0 Å². The molecule has 0 fully saturated rings. The largest absolute Gasteiger partial charge is 0.312 e. The number of rotatable bonds is 4. The Morgan fingerprint density at radius 2 is 2.18 bits per heavy atom. The van der Waals surface area contributed by atoms with Gasteiger partial charge in [-0.2, -0.15) is 0 Å². The van der Waals surface area contributed by atoms with Crippen LogP contribution in [0.25, 0.3) is 0 Å². The molecule has 1 aromatic heterocycles. The molecule has 0 aliphatic carbocycles. The Bertz CT molecular complexity index is 496. The van der Waals surface area contributed by atoms with Crippen LogP contribution >= 0.6 is 22.9 Å². The highest BCUT2D eigenvalue weighted by molar-refractivity contribution is 7.11. The van der Waals surface area contributed by atoms with Crippen molar-refractivity contribution in [1.82, 2.24) is 10.3 Å². The number of likely N-dealkylation sites (N-methyl/N-ethyl adjacent to an activating group) is 1. The van der Waals surface area contributed by atoms with E-state index in [4.69, 9.17) is 11.6 Å². The lowest BCUT2D eigenvalue weighted by Crippen LogP contribution is -2.17. The molecule has 0 radical (unpaired) electrons. The molecule has 1 heterocycles. The van der Waals surface area contributed by atoms with E-state index in [2.05, 4.69) is 16.4 Å². The van der Waals surface area contributed by atoms with E-state index in [0.29, 0.717) is 0 Å². The highest BCUT2D eigenvalue weighted by Crippen LogP contribution is 2.26. The fourth-order valence-electron chi connectivity index (χ4n) is 1.77. The first-order chi connectivity index (χ1) is 8.20. The number of aryl methyl sites for hydroxylation is 1. The Labute approximate surface area is 111 Å². The summed E-state index contributed by atoms with van der Waals surface area (Å²) < 4.78 is 0. The van der Waals surface area contributed by atoms with Crippen molar-refractivity contribution >= 4 is 22.9 Å². The smallest absolute Gasteiger partial charge is 0.0897 e. The molecule has 2 nitrogen and oxygen atoms in total. The first-order valence-electron chi connectivity index (χ1n) is 5.53. The maximum atomic E-state index is 6.18. The molecule has 0 spiro atoms. The highest BCUT2D eigenvalue weighted by Gasteiger charge is 2.14. The summed E-state index contributed by atoms with van der Waals surface area (Å²) in [6.07, 6.45) is 2.83. The maximum absolute atomic E-state index is 6.18. The van der Waals surface area contributed by atoms with Crippen LogP contribution in [0.15, 0.2) is 30.5 Å². The minimum Gasteiger partial charge on any atom is -0.312 e. The zero-order valence-electron chi connectivity index (χ0n) is 9.90. The van der Waals surface area contributed by atoms with Crippen molar-refractivity contribution in [2.45, 2.75) is 19.4 Å². The summed E-state index contributed by atoms with van der Waals surface area (Å²) in [7, 11) is 1.97. The molecule has 1 N–H and O–H groups in total. The number of halogens is 1. The summed E-state index contributed by atoms with van der Waals surface area (Å²) in [4.78, 5) is 5.55. The van der Waals surface area contributed by atoms with Crippen LogP contribution in [-0.2, 0) is 6.42 Å². The van der Waals surface area contributed by atoms with Gasteiger partial charge in [0.1, 0.15) is 0 Å². The van der Waals surface area contributed by atoms with Crippen molar-refractivity contribution in [3.05, 3.63) is 50.9 Å². The highest BCUT2D eigenvalue weighted by atomic mass is 35.5. The Morgan fingerprint density at radius 3 is 2.76 bits per heavy atom. The van der Waals surface area contributed by atoms with Gasteiger partial charge in [0.25, 0.3) is 0 Å². The van der Waals surface area contributed by atoms with E-state index in [1.165, 1.54) is 10.4 Å². The third kappa shape index (κ3) is 3.06. The number of hydrogen-bond donors (Lipinski definition) is 1. The fraction of sp³-hybridized carbons (Fsp3) is 0.308. The van der Waals surface area contributed by atoms with Gasteiger partial charge in [-0.1, -0.05) is 29.8 Å². The molecule has 4 heteroatoms. The number of thiazole rings is 1. The zero-order valence-corrected chi connectivity index (χ0v) is 11.5. The Hall–Kier alpha value is -0.900. The van der Waals surface area contributed by atoms with Crippen molar-refractivity contribution in [2.75, 3.05) is 7.05 Å². The molecule has 0 bridgehead atoms. The first kappa shape index (κ1) is 12.6. The van der Waals surface area contributed by atoms with Gasteiger partial charge >= 0.3 is 0 Å². The SMILES string of the molecule is CNC(Cc1ccccc1Cl)c1cnc(C)s1. The second-order valence-electron chi connectivity index (χ2n) is 3.92. The van der Waals surface area contributed by atoms with Crippen LogP contribution in [0.2, 0.25) is 5.02 Å². The lowest BCUT2D eigenvalue weighted by molar-refractivity contribution is 0.601. The summed E-state index contributed by atoms with van der Waals surface area (Å²) >= 11 is 7.91. The number of hydrogen-bond acceptors (Lipinski definition) is 3. The summed E-state index contributed by atoms with van der Waals surface area (Å²) in [5.74, 6) is 0. The van der Waals surface area contributed by atoms with E-state index in [1.54, 1.807) is 11.3 Å². The van der Waals surface area contributed by atoms with Crippen molar-refractivity contribution in [1.29, 1.82) is 0 Å². The molecule has 0 amide bonds. The van der Waals surface area contributed by atoms with Gasteiger partial charge in [-0.05, 0) is 32.0 Å². The minimum atomic E-state index is 0.279. The summed E-state index contributed by atoms with van der Waals surface area (Å²) in [5, 5.41) is 5.24. The molecule has 0 saturated heterocycles. The van der Waals surface area contributed by atoms with E-state index in [-0.39, 0.29) is 6.04 Å². The quantitative estimate of drug-likeness (QED) is 0.915. The molecule has 2 rings (SSSR count). The minimum absolute atomic E-state index is 0.279. The average molecular weight is 267 g/mol. The number of nitrogens with zero attached hydrogens (tertiary/aromatic N) is 1. The molecule has 0 aliphatic rings. The van der Waals surface area contributed by atoms with Crippen molar-refractivity contribution in [2.24, 2.45) is 0 Å². The van der Waals surface area contributed by atoms with E-state index in [1.807, 2.05) is 38.4 Å². The third-order valence-corrected chi connectivity index (χ3v) is 4.11. The van der Waals surface area contributed by atoms with E-state index < -0.39 is 0 Å². The predicted octanol–water partition coefficient (Wildman–Crippen LogP) is 3.61. The van der Waals surface area contributed by atoms with Crippen LogP contribution in [0, 0.1) is 6.92 Å². The van der Waals surface area contributed by atoms with Gasteiger partial charge in [-0.3, -0.25) is 0 Å². The number of benzene rings is 1. The third-order valence-electron chi connectivity index (χ3n) is 2.71. The van der Waals surface area contributed by atoms with Gasteiger partial charge in [0, 0.05) is 22.1 Å². The second kappa shape index (κ2) is 5.63. The van der Waals surface area contributed by atoms with Crippen LogP contribution in [0.1, 0.15) is 21.5 Å². The molecule has 2 aromatic rings. The van der Waals surface area contributed by atoms with Gasteiger partial charge in [-0.25, -0.2) is 4.98 Å². The summed E-state index contributed by atoms with van der Waals surface area (Å²) in [6.45, 7) is 2.02. The van der Waals surface area contributed by atoms with E-state index in [0.717, 1.165) is 16.5 Å². The molecular weight excluding hydrogens is 252 g/mol. The van der Waals surface area contributed by atoms with Crippen molar-refractivity contribution in [3.8, 4) is 0 Å². The number of nitrogens with one attached hydrogen (secondary N) is 1. The van der Waals surface area contributed by atoms with Gasteiger partial charge in [0.15, 0.2) is 0 Å². The lowest BCUT2D eigenvalue weighted by Gasteiger charge is -2.14. The van der Waals surface area contributed by atoms with Crippen LogP contribution < -0.4 is 5.32 Å². The van der Waals surface area contributed by atoms with E-state index >= 15 is 0 Å². The standard InChI is InChI=1S/C13H15ClN2S/c1-9-16-8-13(17-9)12(15-2)7-10-5-3-4-6-11(10)14/h3-6,8,12,15H,7H2,1-2H3. The Balaban J connectivity index is 2.18. The van der Waals surface area contributed by atoms with Gasteiger partial charge in [0.05, 0.1) is 5.01 Å². The van der Waals surface area contributed by atoms with Crippen LogP contribution in [0.3, 0.4) is 0 Å². The van der Waals surface area contributed by atoms with Crippen molar-refractivity contribution < 1.29 is 0 Å². The topological polar surface area (TPSA) is 24.9 Å². The zero-order chi connectivity index (χ0) is 12.3. The molecule has 0 aliphatic heterocycles. The first-order valence-corrected chi connectivity index (χ1v) is 6.73. The molecule has 1 unspecified atom stereocenters. The molecular formula is C13H15ClN2S. The number of aromatic nitrogens is 1. The Kier molecular flexibility index (Phi) is 4.15. The maximum Gasteiger partial charge on any atom is 0.0897 e. The predicted molar refractivity (Wildman–Crippen MR) is 73.8 cm³/mol. The van der Waals surface area contributed by atoms with E-state index in [9.17, 15) is 0 Å². The fourth-order valence-corrected chi connectivity index (χ4v) is 2.88. The molecule has 90 valence electrons. The monoisotopic (exact) mass is 266 g/mol. The molecule has 1 aromatic carbocycles. The summed E-state index contributed by atoms with van der Waals surface area (Å²) in [6, 6.07) is 8.26. The Morgan fingerprint density at radius 1 is 1.41 bits per heavy atom. The molecule has 17 heavy (non-hydrogen) atoms. The molecule has 0 saturated carbocycles. The second-order valence-corrected chi connectivity index (χ2v) is 5.59. The lowest BCUT2D eigenvalue weighted by atomic mass is 10.1. The normalized spacial score (nSPS) is 12.6. The van der Waals surface area contributed by atoms with Crippen molar-refractivity contribution in [3.63, 3.8) is 0 Å². The van der Waals surface area contributed by atoms with Crippen LogP contribution in [0.5, 0.6) is 0 Å². The average Bonchev–Trinajstić information content (AvgIpc) is 2.75. The van der Waals surface area contributed by atoms with Gasteiger partial charge in [0.2, 0.25) is 0 Å². The van der Waals surface area contributed by atoms with Gasteiger partial charge < -0.3 is 5.32 Å². The summed E-state index contributed by atoms with van der Waals surface area (Å²) in [5.41, 5.74) is 1.17.